The van der Waals surface area contributed by atoms with Crippen LogP contribution in [-0.4, -0.2) is 31.0 Å². The van der Waals surface area contributed by atoms with E-state index in [1.165, 1.54) is 4.90 Å². The van der Waals surface area contributed by atoms with Crippen molar-refractivity contribution in [1.82, 2.24) is 5.32 Å². The lowest BCUT2D eigenvalue weighted by Crippen LogP contribution is -2.54. The number of benzene rings is 2. The number of hydrogen-bond donors (Lipinski definition) is 1. The van der Waals surface area contributed by atoms with Crippen LogP contribution in [0, 0.1) is 0 Å². The summed E-state index contributed by atoms with van der Waals surface area (Å²) in [5.41, 5.74) is 3.56. The normalized spacial score (nSPS) is 15.8. The average molecular weight is 458 g/mol. The molecular weight excluding hydrogens is 438 g/mol. The lowest BCUT2D eigenvalue weighted by molar-refractivity contribution is -0.122. The van der Waals surface area contributed by atoms with Crippen LogP contribution in [0.4, 0.5) is 11.4 Å². The molecule has 0 bridgehead atoms. The summed E-state index contributed by atoms with van der Waals surface area (Å²) in [6.45, 7) is 2.06. The lowest BCUT2D eigenvalue weighted by atomic mass is 10.1. The summed E-state index contributed by atoms with van der Waals surface area (Å²) in [6.07, 6.45) is 2.48. The quantitative estimate of drug-likeness (QED) is 0.429. The second-order valence-corrected chi connectivity index (χ2v) is 7.82. The van der Waals surface area contributed by atoms with Crippen molar-refractivity contribution in [2.75, 3.05) is 23.9 Å². The summed E-state index contributed by atoms with van der Waals surface area (Å²) >= 11 is 8.77. The molecule has 1 saturated heterocycles. The van der Waals surface area contributed by atoms with Crippen LogP contribution < -0.4 is 15.1 Å². The number of carbonyl (C=O) groups excluding carboxylic acids is 2. The molecule has 1 aliphatic heterocycles. The fraction of sp³-hybridized carbons (Fsp3) is 0.190. The van der Waals surface area contributed by atoms with Crippen LogP contribution in [0.15, 0.2) is 52.5 Å². The summed E-state index contributed by atoms with van der Waals surface area (Å²) in [5, 5.41) is 2.69. The molecule has 28 heavy (non-hydrogen) atoms. The first-order chi connectivity index (χ1) is 13.3. The molecule has 2 aromatic rings. The number of nitrogens with zero attached hydrogens (tertiary/aromatic N) is 2. The molecule has 0 saturated carbocycles. The van der Waals surface area contributed by atoms with E-state index in [-0.39, 0.29) is 10.7 Å². The van der Waals surface area contributed by atoms with Gasteiger partial charge in [0.1, 0.15) is 5.57 Å². The molecule has 1 fully saturated rings. The number of rotatable bonds is 4. The molecule has 0 atom stereocenters. The predicted octanol–water partition coefficient (Wildman–Crippen LogP) is 3.91. The lowest BCUT2D eigenvalue weighted by Gasteiger charge is -2.29. The maximum absolute atomic E-state index is 13.1. The van der Waals surface area contributed by atoms with Gasteiger partial charge in [-0.3, -0.25) is 19.8 Å². The SMILES string of the molecule is CCc1ccc(N2C(=O)/C(=C/c3ccc(N(C)C)c(Br)c3)C(=O)NC2=S)cc1. The number of halogens is 1. The highest BCUT2D eigenvalue weighted by Crippen LogP contribution is 2.28. The zero-order valence-corrected chi connectivity index (χ0v) is 18.2. The highest BCUT2D eigenvalue weighted by Gasteiger charge is 2.34. The third-order valence-electron chi connectivity index (χ3n) is 4.47. The Balaban J connectivity index is 1.97. The van der Waals surface area contributed by atoms with Crippen LogP contribution in [-0.2, 0) is 16.0 Å². The summed E-state index contributed by atoms with van der Waals surface area (Å²) < 4.78 is 0.873. The Bertz CT molecular complexity index is 984. The third kappa shape index (κ3) is 4.00. The van der Waals surface area contributed by atoms with Crippen LogP contribution in [0.25, 0.3) is 6.08 Å². The van der Waals surface area contributed by atoms with Gasteiger partial charge < -0.3 is 4.90 Å². The number of aryl methyl sites for hydroxylation is 1. The Kier molecular flexibility index (Phi) is 5.96. The number of thiocarbonyl (C=S) groups is 1. The van der Waals surface area contributed by atoms with E-state index in [2.05, 4.69) is 28.2 Å². The van der Waals surface area contributed by atoms with Gasteiger partial charge in [-0.1, -0.05) is 25.1 Å². The topological polar surface area (TPSA) is 52.7 Å². The summed E-state index contributed by atoms with van der Waals surface area (Å²) in [5.74, 6) is -0.935. The largest absolute Gasteiger partial charge is 0.377 e. The predicted molar refractivity (Wildman–Crippen MR) is 120 cm³/mol. The van der Waals surface area contributed by atoms with Crippen LogP contribution in [0.3, 0.4) is 0 Å². The first kappa shape index (κ1) is 20.2. The number of hydrogen-bond acceptors (Lipinski definition) is 4. The average Bonchev–Trinajstić information content (AvgIpc) is 2.65. The number of nitrogens with one attached hydrogen (secondary N) is 1. The van der Waals surface area contributed by atoms with E-state index in [1.54, 1.807) is 6.08 Å². The van der Waals surface area contributed by atoms with Gasteiger partial charge in [-0.15, -0.1) is 0 Å². The van der Waals surface area contributed by atoms with Gasteiger partial charge in [0.2, 0.25) is 0 Å². The van der Waals surface area contributed by atoms with E-state index in [0.717, 1.165) is 27.7 Å². The molecule has 1 N–H and O–H groups in total. The summed E-state index contributed by atoms with van der Waals surface area (Å²) in [4.78, 5) is 28.8. The van der Waals surface area contributed by atoms with Crippen molar-refractivity contribution in [1.29, 1.82) is 0 Å². The van der Waals surface area contributed by atoms with Crippen molar-refractivity contribution in [2.45, 2.75) is 13.3 Å². The Morgan fingerprint density at radius 2 is 1.82 bits per heavy atom. The number of anilines is 2. The zero-order valence-electron chi connectivity index (χ0n) is 15.8. The van der Waals surface area contributed by atoms with Gasteiger partial charge in [0, 0.05) is 18.6 Å². The van der Waals surface area contributed by atoms with Crippen molar-refractivity contribution in [3.63, 3.8) is 0 Å². The fourth-order valence-corrected chi connectivity index (χ4v) is 3.95. The molecule has 5 nitrogen and oxygen atoms in total. The monoisotopic (exact) mass is 457 g/mol. The molecule has 0 unspecified atom stereocenters. The van der Waals surface area contributed by atoms with Gasteiger partial charge in [0.25, 0.3) is 11.8 Å². The zero-order chi connectivity index (χ0) is 20.4. The summed E-state index contributed by atoms with van der Waals surface area (Å²) in [7, 11) is 3.89. The molecule has 2 amide bonds. The van der Waals surface area contributed by atoms with E-state index in [1.807, 2.05) is 61.5 Å². The summed E-state index contributed by atoms with van der Waals surface area (Å²) in [6, 6.07) is 13.2. The number of carbonyl (C=O) groups is 2. The third-order valence-corrected chi connectivity index (χ3v) is 5.39. The molecule has 144 valence electrons. The van der Waals surface area contributed by atoms with Crippen LogP contribution in [0.2, 0.25) is 0 Å². The van der Waals surface area contributed by atoms with E-state index in [4.69, 9.17) is 12.2 Å². The Hall–Kier alpha value is -2.51. The van der Waals surface area contributed by atoms with E-state index in [0.29, 0.717) is 5.69 Å². The second-order valence-electron chi connectivity index (χ2n) is 6.58. The number of amides is 2. The fourth-order valence-electron chi connectivity index (χ4n) is 2.91. The molecular formula is C21H20BrN3O2S. The molecule has 0 aliphatic carbocycles. The maximum atomic E-state index is 13.1. The highest BCUT2D eigenvalue weighted by molar-refractivity contribution is 9.10. The first-order valence-corrected chi connectivity index (χ1v) is 9.99. The molecule has 0 aromatic heterocycles. The molecule has 1 aliphatic rings. The Morgan fingerprint density at radius 3 is 2.39 bits per heavy atom. The van der Waals surface area contributed by atoms with Crippen molar-refractivity contribution in [3.05, 3.63) is 63.6 Å². The van der Waals surface area contributed by atoms with Gasteiger partial charge in [-0.2, -0.15) is 0 Å². The molecule has 3 rings (SSSR count). The van der Waals surface area contributed by atoms with Gasteiger partial charge in [0.05, 0.1) is 11.4 Å². The second kappa shape index (κ2) is 8.24. The molecule has 0 radical (unpaired) electrons. The molecule has 0 spiro atoms. The van der Waals surface area contributed by atoms with Gasteiger partial charge >= 0.3 is 0 Å². The van der Waals surface area contributed by atoms with Crippen molar-refractivity contribution in [2.24, 2.45) is 0 Å². The standard InChI is InChI=1S/C21H20BrN3O2S/c1-4-13-5-8-15(9-6-13)25-20(27)16(19(26)23-21(25)28)11-14-7-10-18(24(2)3)17(22)12-14/h5-12H,4H2,1-3H3,(H,23,26,28)/b16-11+. The minimum absolute atomic E-state index is 0.0395. The minimum Gasteiger partial charge on any atom is -0.377 e. The van der Waals surface area contributed by atoms with E-state index < -0.39 is 11.8 Å². The molecule has 2 aromatic carbocycles. The van der Waals surface area contributed by atoms with Crippen LogP contribution in [0.5, 0.6) is 0 Å². The van der Waals surface area contributed by atoms with Crippen LogP contribution in [0.1, 0.15) is 18.1 Å². The first-order valence-electron chi connectivity index (χ1n) is 8.79. The molecule has 1 heterocycles. The van der Waals surface area contributed by atoms with Crippen molar-refractivity contribution >= 4 is 62.5 Å². The Morgan fingerprint density at radius 1 is 1.14 bits per heavy atom. The van der Waals surface area contributed by atoms with Crippen LogP contribution >= 0.6 is 28.1 Å². The van der Waals surface area contributed by atoms with Gasteiger partial charge in [-0.25, -0.2) is 0 Å². The molecule has 7 heteroatoms. The van der Waals surface area contributed by atoms with Crippen molar-refractivity contribution < 1.29 is 9.59 Å². The maximum Gasteiger partial charge on any atom is 0.270 e. The minimum atomic E-state index is -0.496. The van der Waals surface area contributed by atoms with Crippen molar-refractivity contribution in [3.8, 4) is 0 Å². The van der Waals surface area contributed by atoms with E-state index >= 15 is 0 Å². The van der Waals surface area contributed by atoms with E-state index in [9.17, 15) is 9.59 Å². The van der Waals surface area contributed by atoms with Gasteiger partial charge in [0.15, 0.2) is 5.11 Å². The highest BCUT2D eigenvalue weighted by atomic mass is 79.9. The Labute approximate surface area is 178 Å². The smallest absolute Gasteiger partial charge is 0.270 e. The van der Waals surface area contributed by atoms with Gasteiger partial charge in [-0.05, 0) is 76.0 Å².